The lowest BCUT2D eigenvalue weighted by molar-refractivity contribution is -0.135. The number of anilines is 1. The third kappa shape index (κ3) is 2.93. The van der Waals surface area contributed by atoms with E-state index in [1.54, 1.807) is 28.8 Å². The molecular weight excluding hydrogens is 361 g/mol. The van der Waals surface area contributed by atoms with Crippen molar-refractivity contribution in [2.45, 2.75) is 30.7 Å². The summed E-state index contributed by atoms with van der Waals surface area (Å²) < 4.78 is 13.0. The van der Waals surface area contributed by atoms with Crippen LogP contribution in [-0.4, -0.2) is 38.4 Å². The maximum atomic E-state index is 13.0. The lowest BCUT2D eigenvalue weighted by Crippen LogP contribution is -2.48. The number of halogens is 1. The topological polar surface area (TPSA) is 62.3 Å². The average Bonchev–Trinajstić information content (AvgIpc) is 3.25. The molecule has 2 atom stereocenters. The Morgan fingerprint density at radius 2 is 2.16 bits per heavy atom. The number of hydrogen-bond acceptors (Lipinski definition) is 5. The van der Waals surface area contributed by atoms with Crippen molar-refractivity contribution in [3.05, 3.63) is 35.5 Å². The van der Waals surface area contributed by atoms with E-state index >= 15 is 0 Å². The second-order valence-corrected chi connectivity index (χ2v) is 8.66. The Kier molecular flexibility index (Phi) is 4.04. The fourth-order valence-electron chi connectivity index (χ4n) is 3.29. The lowest BCUT2D eigenvalue weighted by Gasteiger charge is -2.29. The number of thioether (sulfide) groups is 1. The van der Waals surface area contributed by atoms with E-state index in [0.717, 1.165) is 12.0 Å². The van der Waals surface area contributed by atoms with Gasteiger partial charge in [-0.1, -0.05) is 0 Å². The van der Waals surface area contributed by atoms with E-state index in [4.69, 9.17) is 0 Å². The summed E-state index contributed by atoms with van der Waals surface area (Å²) in [4.78, 5) is 30.6. The van der Waals surface area contributed by atoms with Gasteiger partial charge in [0.2, 0.25) is 11.8 Å². The molecule has 2 saturated heterocycles. The van der Waals surface area contributed by atoms with E-state index in [1.807, 2.05) is 12.3 Å². The second-order valence-electron chi connectivity index (χ2n) is 6.30. The van der Waals surface area contributed by atoms with Crippen molar-refractivity contribution < 1.29 is 14.0 Å². The van der Waals surface area contributed by atoms with E-state index in [0.29, 0.717) is 23.0 Å². The number of hydrogen-bond donors (Lipinski definition) is 1. The number of carbonyl (C=O) groups excluding carboxylic acids is 2. The Balaban J connectivity index is 1.49. The van der Waals surface area contributed by atoms with Gasteiger partial charge in [-0.05, 0) is 37.6 Å². The third-order valence-electron chi connectivity index (χ3n) is 4.62. The zero-order valence-corrected chi connectivity index (χ0v) is 15.1. The van der Waals surface area contributed by atoms with Gasteiger partial charge in [0.15, 0.2) is 5.13 Å². The van der Waals surface area contributed by atoms with Crippen LogP contribution in [0.3, 0.4) is 0 Å². The quantitative estimate of drug-likeness (QED) is 0.891. The standard InChI is InChI=1S/C17H16FN3O2S2/c1-17-7-6-14(22)21(17)13(9-25-17)15(23)20-16-19-12(8-24-16)10-2-4-11(18)5-3-10/h2-5,8,13H,6-7,9H2,1H3,(H,19,20,23)/t13-,17-/m0/s1. The van der Waals surface area contributed by atoms with Gasteiger partial charge in [0, 0.05) is 23.1 Å². The molecule has 2 aliphatic rings. The van der Waals surface area contributed by atoms with Gasteiger partial charge in [-0.15, -0.1) is 23.1 Å². The molecule has 1 aromatic heterocycles. The number of benzene rings is 1. The number of rotatable bonds is 3. The molecule has 0 saturated carbocycles. The van der Waals surface area contributed by atoms with Crippen LogP contribution in [-0.2, 0) is 9.59 Å². The normalized spacial score (nSPS) is 25.3. The molecule has 2 fully saturated rings. The highest BCUT2D eigenvalue weighted by Crippen LogP contribution is 2.47. The number of thiazole rings is 1. The SMILES string of the molecule is C[C@]12CCC(=O)N1[C@H](C(=O)Nc1nc(-c3ccc(F)cc3)cs1)CS2. The number of fused-ring (bicyclic) bond motifs is 1. The van der Waals surface area contributed by atoms with Crippen LogP contribution in [0.2, 0.25) is 0 Å². The van der Waals surface area contributed by atoms with Crippen LogP contribution in [0.1, 0.15) is 19.8 Å². The van der Waals surface area contributed by atoms with Crippen molar-refractivity contribution in [2.75, 3.05) is 11.1 Å². The van der Waals surface area contributed by atoms with Crippen LogP contribution < -0.4 is 5.32 Å². The number of aromatic nitrogens is 1. The first-order chi connectivity index (χ1) is 12.0. The zero-order chi connectivity index (χ0) is 17.6. The molecule has 4 rings (SSSR count). The highest BCUT2D eigenvalue weighted by atomic mass is 32.2. The monoisotopic (exact) mass is 377 g/mol. The van der Waals surface area contributed by atoms with E-state index in [-0.39, 0.29) is 22.5 Å². The van der Waals surface area contributed by atoms with Crippen LogP contribution in [0.25, 0.3) is 11.3 Å². The summed E-state index contributed by atoms with van der Waals surface area (Å²) in [6, 6.07) is 5.60. The zero-order valence-electron chi connectivity index (χ0n) is 13.5. The molecule has 3 heterocycles. The number of nitrogens with zero attached hydrogens (tertiary/aromatic N) is 2. The maximum Gasteiger partial charge on any atom is 0.249 e. The molecule has 0 bridgehead atoms. The molecule has 130 valence electrons. The number of nitrogens with one attached hydrogen (secondary N) is 1. The van der Waals surface area contributed by atoms with Gasteiger partial charge >= 0.3 is 0 Å². The van der Waals surface area contributed by atoms with Gasteiger partial charge in [-0.25, -0.2) is 9.37 Å². The molecule has 25 heavy (non-hydrogen) atoms. The smallest absolute Gasteiger partial charge is 0.249 e. The Hall–Kier alpha value is -1.93. The minimum absolute atomic E-state index is 0.0405. The molecular formula is C17H16FN3O2S2. The van der Waals surface area contributed by atoms with Crippen molar-refractivity contribution in [1.82, 2.24) is 9.88 Å². The lowest BCUT2D eigenvalue weighted by atomic mass is 10.2. The molecule has 5 nitrogen and oxygen atoms in total. The fraction of sp³-hybridized carbons (Fsp3) is 0.353. The number of carbonyl (C=O) groups is 2. The molecule has 0 spiro atoms. The maximum absolute atomic E-state index is 13.0. The van der Waals surface area contributed by atoms with Crippen LogP contribution in [0.4, 0.5) is 9.52 Å². The largest absolute Gasteiger partial charge is 0.315 e. The van der Waals surface area contributed by atoms with Gasteiger partial charge in [-0.2, -0.15) is 0 Å². The van der Waals surface area contributed by atoms with Gasteiger partial charge in [0.1, 0.15) is 11.9 Å². The summed E-state index contributed by atoms with van der Waals surface area (Å²) in [5, 5.41) is 5.12. The molecule has 1 N–H and O–H groups in total. The van der Waals surface area contributed by atoms with Gasteiger partial charge in [0.25, 0.3) is 0 Å². The second kappa shape index (κ2) is 6.10. The van der Waals surface area contributed by atoms with E-state index in [9.17, 15) is 14.0 Å². The first kappa shape index (κ1) is 16.5. The van der Waals surface area contributed by atoms with Gasteiger partial charge in [0.05, 0.1) is 10.6 Å². The van der Waals surface area contributed by atoms with E-state index in [2.05, 4.69) is 10.3 Å². The Morgan fingerprint density at radius 3 is 2.92 bits per heavy atom. The van der Waals surface area contributed by atoms with Crippen molar-refractivity contribution in [3.63, 3.8) is 0 Å². The molecule has 1 aromatic carbocycles. The van der Waals surface area contributed by atoms with Crippen LogP contribution in [0.15, 0.2) is 29.6 Å². The fourth-order valence-corrected chi connectivity index (χ4v) is 5.44. The molecule has 2 aromatic rings. The summed E-state index contributed by atoms with van der Waals surface area (Å²) in [6.45, 7) is 2.02. The summed E-state index contributed by atoms with van der Waals surface area (Å²) in [7, 11) is 0. The minimum Gasteiger partial charge on any atom is -0.315 e. The third-order valence-corrected chi connectivity index (χ3v) is 6.88. The van der Waals surface area contributed by atoms with Crippen molar-refractivity contribution in [3.8, 4) is 11.3 Å². The molecule has 2 aliphatic heterocycles. The molecule has 0 unspecified atom stereocenters. The summed E-state index contributed by atoms with van der Waals surface area (Å²) >= 11 is 2.97. The summed E-state index contributed by atoms with van der Waals surface area (Å²) in [5.41, 5.74) is 1.47. The van der Waals surface area contributed by atoms with Crippen molar-refractivity contribution >= 4 is 40.0 Å². The molecule has 2 amide bonds. The van der Waals surface area contributed by atoms with Crippen molar-refractivity contribution in [2.24, 2.45) is 0 Å². The van der Waals surface area contributed by atoms with E-state index in [1.165, 1.54) is 23.5 Å². The van der Waals surface area contributed by atoms with Crippen LogP contribution in [0, 0.1) is 5.82 Å². The van der Waals surface area contributed by atoms with Crippen LogP contribution >= 0.6 is 23.1 Å². The minimum atomic E-state index is -0.455. The first-order valence-electron chi connectivity index (χ1n) is 7.95. The highest BCUT2D eigenvalue weighted by Gasteiger charge is 2.52. The van der Waals surface area contributed by atoms with Crippen molar-refractivity contribution in [1.29, 1.82) is 0 Å². The highest BCUT2D eigenvalue weighted by molar-refractivity contribution is 8.01. The molecule has 0 aliphatic carbocycles. The Morgan fingerprint density at radius 1 is 1.40 bits per heavy atom. The average molecular weight is 377 g/mol. The summed E-state index contributed by atoms with van der Waals surface area (Å²) in [6.07, 6.45) is 1.28. The first-order valence-corrected chi connectivity index (χ1v) is 9.81. The number of amides is 2. The summed E-state index contributed by atoms with van der Waals surface area (Å²) in [5.74, 6) is 0.138. The molecule has 0 radical (unpaired) electrons. The molecule has 8 heteroatoms. The predicted molar refractivity (Wildman–Crippen MR) is 96.9 cm³/mol. The van der Waals surface area contributed by atoms with E-state index < -0.39 is 6.04 Å². The predicted octanol–water partition coefficient (Wildman–Crippen LogP) is 3.34. The van der Waals surface area contributed by atoms with Gasteiger partial charge < -0.3 is 10.2 Å². The Labute approximate surface area is 152 Å². The van der Waals surface area contributed by atoms with Gasteiger partial charge in [-0.3, -0.25) is 9.59 Å². The Bertz CT molecular complexity index is 839. The van der Waals surface area contributed by atoms with Crippen LogP contribution in [0.5, 0.6) is 0 Å².